The largest absolute Gasteiger partial charge is 0.464 e. The molecule has 102 valence electrons. The third-order valence-electron chi connectivity index (χ3n) is 2.77. The zero-order valence-electron chi connectivity index (χ0n) is 10.4. The van der Waals surface area contributed by atoms with Gasteiger partial charge in [0.05, 0.1) is 34.6 Å². The molecule has 0 bridgehead atoms. The number of halogens is 3. The van der Waals surface area contributed by atoms with Crippen LogP contribution < -0.4 is 0 Å². The number of hydrogen-bond donors (Lipinski definition) is 0. The Morgan fingerprint density at radius 2 is 1.95 bits per heavy atom. The smallest absolute Gasteiger partial charge is 0.356 e. The fourth-order valence-corrected chi connectivity index (χ4v) is 2.80. The first-order valence-electron chi connectivity index (χ1n) is 5.20. The maximum Gasteiger partial charge on any atom is 0.356 e. The minimum atomic E-state index is -0.570. The van der Waals surface area contributed by atoms with Crippen LogP contribution in [0.5, 0.6) is 0 Å². The lowest BCUT2D eigenvalue weighted by Gasteiger charge is -2.02. The lowest BCUT2D eigenvalue weighted by Crippen LogP contribution is -2.07. The SMILES string of the molecule is COC(=O)c1c(Cl)c(-c2c(Cl)cnn2C)c(Cl)n1C. The second-order valence-corrected chi connectivity index (χ2v) is 4.99. The van der Waals surface area contributed by atoms with Crippen molar-refractivity contribution < 1.29 is 9.53 Å². The lowest BCUT2D eigenvalue weighted by molar-refractivity contribution is 0.0590. The Morgan fingerprint density at radius 1 is 1.32 bits per heavy atom. The van der Waals surface area contributed by atoms with E-state index in [-0.39, 0.29) is 15.9 Å². The molecular formula is C11H10Cl3N3O2. The first-order chi connectivity index (χ1) is 8.90. The highest BCUT2D eigenvalue weighted by molar-refractivity contribution is 6.42. The summed E-state index contributed by atoms with van der Waals surface area (Å²) in [6.45, 7) is 0. The zero-order chi connectivity index (χ0) is 14.3. The van der Waals surface area contributed by atoms with Crippen molar-refractivity contribution in [1.29, 1.82) is 0 Å². The van der Waals surface area contributed by atoms with Gasteiger partial charge >= 0.3 is 5.97 Å². The molecule has 0 radical (unpaired) electrons. The predicted molar refractivity (Wildman–Crippen MR) is 74.0 cm³/mol. The maximum atomic E-state index is 11.7. The molecule has 0 aliphatic rings. The Balaban J connectivity index is 2.77. The molecule has 0 unspecified atom stereocenters. The number of aromatic nitrogens is 3. The summed E-state index contributed by atoms with van der Waals surface area (Å²) in [4.78, 5) is 11.7. The van der Waals surface area contributed by atoms with Crippen LogP contribution >= 0.6 is 34.8 Å². The van der Waals surface area contributed by atoms with Gasteiger partial charge in [-0.2, -0.15) is 5.10 Å². The Kier molecular flexibility index (Phi) is 3.80. The number of nitrogens with zero attached hydrogens (tertiary/aromatic N) is 3. The minimum absolute atomic E-state index is 0.168. The third kappa shape index (κ3) is 2.12. The Morgan fingerprint density at radius 3 is 2.42 bits per heavy atom. The van der Waals surface area contributed by atoms with Crippen LogP contribution in [0, 0.1) is 0 Å². The van der Waals surface area contributed by atoms with Crippen molar-refractivity contribution in [2.45, 2.75) is 0 Å². The number of carbonyl (C=O) groups excluding carboxylic acids is 1. The van der Waals surface area contributed by atoms with Crippen molar-refractivity contribution in [1.82, 2.24) is 14.3 Å². The van der Waals surface area contributed by atoms with Gasteiger partial charge < -0.3 is 9.30 Å². The molecule has 0 spiro atoms. The van der Waals surface area contributed by atoms with Crippen LogP contribution in [0.1, 0.15) is 10.5 Å². The first-order valence-corrected chi connectivity index (χ1v) is 6.33. The van der Waals surface area contributed by atoms with E-state index in [1.165, 1.54) is 22.6 Å². The number of hydrogen-bond acceptors (Lipinski definition) is 3. The van der Waals surface area contributed by atoms with Crippen molar-refractivity contribution in [2.75, 3.05) is 7.11 Å². The highest BCUT2D eigenvalue weighted by Crippen LogP contribution is 2.41. The van der Waals surface area contributed by atoms with Gasteiger partial charge in [0.25, 0.3) is 0 Å². The average molecular weight is 323 g/mol. The van der Waals surface area contributed by atoms with E-state index < -0.39 is 5.97 Å². The van der Waals surface area contributed by atoms with Crippen LogP contribution in [0.2, 0.25) is 15.2 Å². The molecule has 0 aliphatic carbocycles. The highest BCUT2D eigenvalue weighted by atomic mass is 35.5. The van der Waals surface area contributed by atoms with E-state index in [1.54, 1.807) is 14.1 Å². The monoisotopic (exact) mass is 321 g/mol. The van der Waals surface area contributed by atoms with Gasteiger partial charge in [-0.05, 0) is 0 Å². The minimum Gasteiger partial charge on any atom is -0.464 e. The van der Waals surface area contributed by atoms with E-state index in [9.17, 15) is 4.79 Å². The fraction of sp³-hybridized carbons (Fsp3) is 0.273. The summed E-state index contributed by atoms with van der Waals surface area (Å²) in [5, 5.41) is 4.89. The van der Waals surface area contributed by atoms with Gasteiger partial charge in [0.2, 0.25) is 0 Å². The number of esters is 1. The fourth-order valence-electron chi connectivity index (χ4n) is 1.84. The second kappa shape index (κ2) is 5.07. The van der Waals surface area contributed by atoms with E-state index in [4.69, 9.17) is 34.8 Å². The van der Waals surface area contributed by atoms with Gasteiger partial charge in [-0.25, -0.2) is 4.79 Å². The van der Waals surface area contributed by atoms with E-state index in [0.717, 1.165) is 0 Å². The van der Waals surface area contributed by atoms with Crippen molar-refractivity contribution in [3.05, 3.63) is 27.1 Å². The van der Waals surface area contributed by atoms with Crippen LogP contribution in [0.25, 0.3) is 11.3 Å². The quantitative estimate of drug-likeness (QED) is 0.798. The van der Waals surface area contributed by atoms with Crippen molar-refractivity contribution >= 4 is 40.8 Å². The van der Waals surface area contributed by atoms with Crippen LogP contribution in [-0.2, 0) is 18.8 Å². The number of carbonyl (C=O) groups is 1. The van der Waals surface area contributed by atoms with E-state index in [1.807, 2.05) is 0 Å². The molecule has 0 atom stereocenters. The molecule has 2 aromatic heterocycles. The molecular weight excluding hydrogens is 312 g/mol. The van der Waals surface area contributed by atoms with Crippen LogP contribution in [0.4, 0.5) is 0 Å². The predicted octanol–water partition coefficient (Wildman–Crippen LogP) is 3.17. The van der Waals surface area contributed by atoms with E-state index in [2.05, 4.69) is 9.84 Å². The summed E-state index contributed by atoms with van der Waals surface area (Å²) in [6, 6.07) is 0. The molecule has 0 fully saturated rings. The Labute approximate surface area is 124 Å². The molecule has 0 aromatic carbocycles. The van der Waals surface area contributed by atoms with Gasteiger partial charge in [0.1, 0.15) is 10.8 Å². The second-order valence-electron chi connectivity index (χ2n) is 3.84. The summed E-state index contributed by atoms with van der Waals surface area (Å²) in [7, 11) is 4.60. The summed E-state index contributed by atoms with van der Waals surface area (Å²) >= 11 is 18.5. The average Bonchev–Trinajstić information content (AvgIpc) is 2.80. The van der Waals surface area contributed by atoms with Gasteiger partial charge in [-0.1, -0.05) is 34.8 Å². The Hall–Kier alpha value is -1.17. The molecule has 0 aliphatic heterocycles. The number of methoxy groups -OCH3 is 1. The topological polar surface area (TPSA) is 49.0 Å². The molecule has 0 amide bonds. The standard InChI is InChI=1S/C11H10Cl3N3O2/c1-16-9(11(18)19-3)7(13)6(10(16)14)8-5(12)4-15-17(8)2/h4H,1-3H3. The lowest BCUT2D eigenvalue weighted by atomic mass is 10.2. The van der Waals surface area contributed by atoms with E-state index >= 15 is 0 Å². The molecule has 8 heteroatoms. The van der Waals surface area contributed by atoms with Crippen LogP contribution in [0.15, 0.2) is 6.20 Å². The number of rotatable bonds is 2. The van der Waals surface area contributed by atoms with E-state index in [0.29, 0.717) is 16.3 Å². The van der Waals surface area contributed by atoms with Crippen LogP contribution in [0.3, 0.4) is 0 Å². The number of aryl methyl sites for hydroxylation is 1. The van der Waals surface area contributed by atoms with Gasteiger partial charge in [0, 0.05) is 14.1 Å². The van der Waals surface area contributed by atoms with Gasteiger partial charge in [-0.15, -0.1) is 0 Å². The third-order valence-corrected chi connectivity index (χ3v) is 3.86. The molecule has 2 aromatic rings. The van der Waals surface area contributed by atoms with Gasteiger partial charge in [-0.3, -0.25) is 4.68 Å². The summed E-state index contributed by atoms with van der Waals surface area (Å²) in [5.41, 5.74) is 1.17. The highest BCUT2D eigenvalue weighted by Gasteiger charge is 2.27. The molecule has 2 heterocycles. The summed E-state index contributed by atoms with van der Waals surface area (Å²) in [5.74, 6) is -0.570. The summed E-state index contributed by atoms with van der Waals surface area (Å²) in [6.07, 6.45) is 1.48. The first kappa shape index (κ1) is 14.2. The molecule has 0 saturated carbocycles. The van der Waals surface area contributed by atoms with Crippen molar-refractivity contribution in [2.24, 2.45) is 14.1 Å². The zero-order valence-corrected chi connectivity index (χ0v) is 12.6. The molecule has 0 N–H and O–H groups in total. The molecule has 0 saturated heterocycles. The summed E-state index contributed by atoms with van der Waals surface area (Å²) < 4.78 is 7.68. The number of ether oxygens (including phenoxy) is 1. The van der Waals surface area contributed by atoms with Crippen molar-refractivity contribution in [3.63, 3.8) is 0 Å². The van der Waals surface area contributed by atoms with Crippen molar-refractivity contribution in [3.8, 4) is 11.3 Å². The molecule has 5 nitrogen and oxygen atoms in total. The van der Waals surface area contributed by atoms with Crippen LogP contribution in [-0.4, -0.2) is 27.4 Å². The normalized spacial score (nSPS) is 10.8. The molecule has 19 heavy (non-hydrogen) atoms. The maximum absolute atomic E-state index is 11.7. The molecule has 2 rings (SSSR count). The van der Waals surface area contributed by atoms with Gasteiger partial charge in [0.15, 0.2) is 0 Å². The Bertz CT molecular complexity index is 641.